The Morgan fingerprint density at radius 3 is 1.90 bits per heavy atom. The van der Waals surface area contributed by atoms with Crippen LogP contribution >= 0.6 is 11.3 Å². The third kappa shape index (κ3) is 2.69. The summed E-state index contributed by atoms with van der Waals surface area (Å²) in [6.45, 7) is 7.00. The van der Waals surface area contributed by atoms with Crippen LogP contribution in [0, 0.1) is 23.3 Å². The quantitative estimate of drug-likeness (QED) is 0.407. The third-order valence-corrected chi connectivity index (χ3v) is 4.09. The van der Waals surface area contributed by atoms with Crippen molar-refractivity contribution in [1.29, 1.82) is 0 Å². The fourth-order valence-corrected chi connectivity index (χ4v) is 3.10. The zero-order chi connectivity index (χ0) is 15.9. The maximum absolute atomic E-state index is 14.1. The van der Waals surface area contributed by atoms with Crippen LogP contribution in [0.1, 0.15) is 50.8 Å². The van der Waals surface area contributed by atoms with E-state index >= 15 is 0 Å². The van der Waals surface area contributed by atoms with Crippen molar-refractivity contribution < 1.29 is 17.6 Å². The standard InChI is InChI=1S/C15H15F4NS/c1-6(2)8-5-21-15(20-8)10-9(7(3)4)11(16)13(18)14(19)12(10)17/h5-7H,1-4H3. The summed E-state index contributed by atoms with van der Waals surface area (Å²) in [6.07, 6.45) is 0. The number of hydrogen-bond donors (Lipinski definition) is 0. The molecular formula is C15H15F4NS. The number of nitrogens with zero attached hydrogens (tertiary/aromatic N) is 1. The van der Waals surface area contributed by atoms with Gasteiger partial charge in [0, 0.05) is 10.9 Å². The minimum atomic E-state index is -1.80. The molecule has 1 nitrogen and oxygen atoms in total. The van der Waals surface area contributed by atoms with E-state index in [2.05, 4.69) is 4.98 Å². The smallest absolute Gasteiger partial charge is 0.198 e. The minimum absolute atomic E-state index is 0.107. The van der Waals surface area contributed by atoms with E-state index in [-0.39, 0.29) is 22.1 Å². The first-order valence-electron chi connectivity index (χ1n) is 6.57. The summed E-state index contributed by atoms with van der Waals surface area (Å²) in [5, 5.41) is 1.88. The molecule has 0 atom stereocenters. The number of thiazole rings is 1. The van der Waals surface area contributed by atoms with E-state index in [1.807, 2.05) is 13.8 Å². The molecule has 0 fully saturated rings. The van der Waals surface area contributed by atoms with Crippen molar-refractivity contribution in [1.82, 2.24) is 4.98 Å². The molecular weight excluding hydrogens is 302 g/mol. The highest BCUT2D eigenvalue weighted by Crippen LogP contribution is 2.38. The van der Waals surface area contributed by atoms with Crippen LogP contribution in [0.25, 0.3) is 10.6 Å². The van der Waals surface area contributed by atoms with E-state index in [9.17, 15) is 17.6 Å². The van der Waals surface area contributed by atoms with Crippen LogP contribution in [0.15, 0.2) is 5.38 Å². The summed E-state index contributed by atoms with van der Waals surface area (Å²) < 4.78 is 55.1. The molecule has 1 aromatic heterocycles. The first kappa shape index (κ1) is 15.9. The summed E-state index contributed by atoms with van der Waals surface area (Å²) in [6, 6.07) is 0. The molecule has 0 saturated carbocycles. The molecule has 0 bridgehead atoms. The Morgan fingerprint density at radius 2 is 1.43 bits per heavy atom. The third-order valence-electron chi connectivity index (χ3n) is 3.21. The molecule has 1 aromatic carbocycles. The van der Waals surface area contributed by atoms with Gasteiger partial charge in [-0.2, -0.15) is 0 Å². The molecule has 6 heteroatoms. The molecule has 0 spiro atoms. The number of aromatic nitrogens is 1. The van der Waals surface area contributed by atoms with E-state index in [0.717, 1.165) is 11.3 Å². The van der Waals surface area contributed by atoms with Crippen LogP contribution in [0.4, 0.5) is 17.6 Å². The van der Waals surface area contributed by atoms with Crippen molar-refractivity contribution in [3.63, 3.8) is 0 Å². The van der Waals surface area contributed by atoms with Gasteiger partial charge in [0.2, 0.25) is 0 Å². The van der Waals surface area contributed by atoms with Crippen molar-refractivity contribution in [2.24, 2.45) is 0 Å². The van der Waals surface area contributed by atoms with Gasteiger partial charge >= 0.3 is 0 Å². The molecule has 2 aromatic rings. The lowest BCUT2D eigenvalue weighted by Gasteiger charge is -2.14. The SMILES string of the molecule is CC(C)c1csc(-c2c(F)c(F)c(F)c(F)c2C(C)C)n1. The fourth-order valence-electron chi connectivity index (χ4n) is 2.07. The van der Waals surface area contributed by atoms with E-state index in [1.165, 1.54) is 0 Å². The van der Waals surface area contributed by atoms with E-state index in [4.69, 9.17) is 0 Å². The number of benzene rings is 1. The Morgan fingerprint density at radius 1 is 0.857 bits per heavy atom. The van der Waals surface area contributed by atoms with E-state index in [1.54, 1.807) is 19.2 Å². The van der Waals surface area contributed by atoms with Gasteiger partial charge in [-0.15, -0.1) is 11.3 Å². The Bertz CT molecular complexity index is 677. The van der Waals surface area contributed by atoms with Crippen molar-refractivity contribution in [2.75, 3.05) is 0 Å². The molecule has 0 aliphatic heterocycles. The second kappa shape index (κ2) is 5.75. The van der Waals surface area contributed by atoms with Gasteiger partial charge in [-0.1, -0.05) is 27.7 Å². The summed E-state index contributed by atoms with van der Waals surface area (Å²) in [5.74, 6) is -6.71. The monoisotopic (exact) mass is 317 g/mol. The molecule has 21 heavy (non-hydrogen) atoms. The second-order valence-corrected chi connectivity index (χ2v) is 6.29. The van der Waals surface area contributed by atoms with Crippen LogP contribution in [-0.4, -0.2) is 4.98 Å². The highest BCUT2D eigenvalue weighted by atomic mass is 32.1. The predicted octanol–water partition coefficient (Wildman–Crippen LogP) is 5.61. The first-order chi connectivity index (χ1) is 9.75. The molecule has 2 rings (SSSR count). The fraction of sp³-hybridized carbons (Fsp3) is 0.400. The average molecular weight is 317 g/mol. The van der Waals surface area contributed by atoms with Crippen molar-refractivity contribution >= 4 is 11.3 Å². The number of rotatable bonds is 3. The molecule has 0 saturated heterocycles. The average Bonchev–Trinajstić information content (AvgIpc) is 2.89. The topological polar surface area (TPSA) is 12.9 Å². The maximum Gasteiger partial charge on any atom is 0.198 e. The van der Waals surface area contributed by atoms with Crippen molar-refractivity contribution in [2.45, 2.75) is 39.5 Å². The van der Waals surface area contributed by atoms with Gasteiger partial charge < -0.3 is 0 Å². The van der Waals surface area contributed by atoms with Crippen LogP contribution in [0.3, 0.4) is 0 Å². The van der Waals surface area contributed by atoms with Gasteiger partial charge in [-0.05, 0) is 11.8 Å². The normalized spacial score (nSPS) is 11.7. The van der Waals surface area contributed by atoms with Crippen molar-refractivity contribution in [3.05, 3.63) is 39.9 Å². The highest BCUT2D eigenvalue weighted by molar-refractivity contribution is 7.13. The van der Waals surface area contributed by atoms with Gasteiger partial charge in [0.15, 0.2) is 23.3 Å². The Labute approximate surface area is 124 Å². The molecule has 0 aliphatic rings. The lowest BCUT2D eigenvalue weighted by molar-refractivity contribution is 0.403. The zero-order valence-electron chi connectivity index (χ0n) is 12.1. The Balaban J connectivity index is 2.77. The molecule has 0 amide bonds. The molecule has 114 valence electrons. The zero-order valence-corrected chi connectivity index (χ0v) is 12.9. The molecule has 1 heterocycles. The van der Waals surface area contributed by atoms with Gasteiger partial charge in [-0.25, -0.2) is 22.5 Å². The van der Waals surface area contributed by atoms with Crippen LogP contribution in [0.2, 0.25) is 0 Å². The molecule has 0 unspecified atom stereocenters. The van der Waals surface area contributed by atoms with Gasteiger partial charge in [0.05, 0.1) is 11.3 Å². The second-order valence-electron chi connectivity index (χ2n) is 5.43. The Hall–Kier alpha value is -1.43. The van der Waals surface area contributed by atoms with Gasteiger partial charge in [-0.3, -0.25) is 0 Å². The lowest BCUT2D eigenvalue weighted by Crippen LogP contribution is -2.07. The van der Waals surface area contributed by atoms with Crippen LogP contribution in [0.5, 0.6) is 0 Å². The maximum atomic E-state index is 14.1. The summed E-state index contributed by atoms with van der Waals surface area (Å²) in [7, 11) is 0. The lowest BCUT2D eigenvalue weighted by atomic mass is 9.95. The van der Waals surface area contributed by atoms with E-state index in [0.29, 0.717) is 5.69 Å². The van der Waals surface area contributed by atoms with E-state index < -0.39 is 29.2 Å². The molecule has 0 radical (unpaired) electrons. The molecule has 0 N–H and O–H groups in total. The van der Waals surface area contributed by atoms with Crippen LogP contribution in [-0.2, 0) is 0 Å². The summed E-state index contributed by atoms with van der Waals surface area (Å²) in [5.41, 5.74) is 0.239. The predicted molar refractivity (Wildman–Crippen MR) is 75.6 cm³/mol. The summed E-state index contributed by atoms with van der Waals surface area (Å²) >= 11 is 1.09. The summed E-state index contributed by atoms with van der Waals surface area (Å²) in [4.78, 5) is 4.22. The number of hydrogen-bond acceptors (Lipinski definition) is 2. The first-order valence-corrected chi connectivity index (χ1v) is 7.45. The van der Waals surface area contributed by atoms with Crippen LogP contribution < -0.4 is 0 Å². The van der Waals surface area contributed by atoms with Gasteiger partial charge in [0.25, 0.3) is 0 Å². The minimum Gasteiger partial charge on any atom is -0.241 e. The largest absolute Gasteiger partial charge is 0.241 e. The van der Waals surface area contributed by atoms with Gasteiger partial charge in [0.1, 0.15) is 5.01 Å². The number of halogens is 4. The molecule has 0 aliphatic carbocycles. The highest BCUT2D eigenvalue weighted by Gasteiger charge is 2.29. The van der Waals surface area contributed by atoms with Crippen molar-refractivity contribution in [3.8, 4) is 10.6 Å². The Kier molecular flexibility index (Phi) is 4.37.